The van der Waals surface area contributed by atoms with Crippen molar-refractivity contribution >= 4 is 33.5 Å². The van der Waals surface area contributed by atoms with E-state index in [2.05, 4.69) is 26.1 Å². The van der Waals surface area contributed by atoms with Gasteiger partial charge in [0.15, 0.2) is 10.9 Å². The van der Waals surface area contributed by atoms with Crippen molar-refractivity contribution in [3.8, 4) is 11.4 Å². The average molecular weight is 418 g/mol. The summed E-state index contributed by atoms with van der Waals surface area (Å²) in [5, 5.41) is 8.50. The Kier molecular flexibility index (Phi) is 5.55. The highest BCUT2D eigenvalue weighted by atomic mass is 79.9. The van der Waals surface area contributed by atoms with Gasteiger partial charge in [-0.1, -0.05) is 52.0 Å². The molecule has 0 unspecified atom stereocenters. The Hall–Kier alpha value is -2.12. The van der Waals surface area contributed by atoms with Gasteiger partial charge in [-0.15, -0.1) is 10.2 Å². The summed E-state index contributed by atoms with van der Waals surface area (Å²) in [5.41, 5.74) is 1.51. The highest BCUT2D eigenvalue weighted by molar-refractivity contribution is 9.10. The number of aromatic nitrogens is 3. The fourth-order valence-electron chi connectivity index (χ4n) is 2.36. The van der Waals surface area contributed by atoms with Crippen molar-refractivity contribution in [1.29, 1.82) is 0 Å². The van der Waals surface area contributed by atoms with Crippen LogP contribution < -0.4 is 4.74 Å². The summed E-state index contributed by atoms with van der Waals surface area (Å²) in [6.07, 6.45) is 1.62. The van der Waals surface area contributed by atoms with Gasteiger partial charge < -0.3 is 4.74 Å². The van der Waals surface area contributed by atoms with Gasteiger partial charge in [0.1, 0.15) is 12.1 Å². The lowest BCUT2D eigenvalue weighted by molar-refractivity contribution is 0.0994. The number of benzene rings is 2. The number of methoxy groups -OCH3 is 1. The second-order valence-corrected chi connectivity index (χ2v) is 7.51. The zero-order chi connectivity index (χ0) is 17.8. The van der Waals surface area contributed by atoms with Crippen LogP contribution in [0.5, 0.6) is 5.75 Å². The molecule has 2 aromatic carbocycles. The second-order valence-electron chi connectivity index (χ2n) is 5.29. The van der Waals surface area contributed by atoms with Crippen LogP contribution in [0, 0.1) is 0 Å². The Morgan fingerprint density at radius 3 is 2.64 bits per heavy atom. The Morgan fingerprint density at radius 2 is 1.92 bits per heavy atom. The van der Waals surface area contributed by atoms with E-state index in [1.165, 1.54) is 11.8 Å². The first kappa shape index (κ1) is 17.7. The molecule has 0 spiro atoms. The predicted octanol–water partition coefficient (Wildman–Crippen LogP) is 4.40. The third-order valence-electron chi connectivity index (χ3n) is 3.64. The Bertz CT molecular complexity index is 880. The van der Waals surface area contributed by atoms with Crippen molar-refractivity contribution in [2.45, 2.75) is 17.3 Å². The van der Waals surface area contributed by atoms with Crippen LogP contribution >= 0.6 is 27.7 Å². The molecule has 5 nitrogen and oxygen atoms in total. The topological polar surface area (TPSA) is 57.0 Å². The molecule has 25 heavy (non-hydrogen) atoms. The number of carbonyl (C=O) groups is 1. The molecule has 0 saturated carbocycles. The van der Waals surface area contributed by atoms with Crippen molar-refractivity contribution in [3.63, 3.8) is 0 Å². The first-order valence-corrected chi connectivity index (χ1v) is 9.27. The molecule has 0 amide bonds. The number of Topliss-reactive ketones (excluding diaryl/α,β-unsaturated/α-hetero) is 1. The van der Waals surface area contributed by atoms with E-state index in [-0.39, 0.29) is 11.0 Å². The van der Waals surface area contributed by atoms with E-state index in [0.29, 0.717) is 10.7 Å². The van der Waals surface area contributed by atoms with E-state index < -0.39 is 0 Å². The van der Waals surface area contributed by atoms with Crippen LogP contribution in [0.2, 0.25) is 0 Å². The van der Waals surface area contributed by atoms with Gasteiger partial charge in [0, 0.05) is 10.0 Å². The largest absolute Gasteiger partial charge is 0.495 e. The van der Waals surface area contributed by atoms with E-state index in [1.807, 2.05) is 60.0 Å². The number of rotatable bonds is 6. The molecule has 128 valence electrons. The molecule has 0 aliphatic carbocycles. The summed E-state index contributed by atoms with van der Waals surface area (Å²) >= 11 is 4.75. The van der Waals surface area contributed by atoms with Crippen LogP contribution in [0.25, 0.3) is 5.69 Å². The number of hydrogen-bond donors (Lipinski definition) is 0. The minimum Gasteiger partial charge on any atom is -0.495 e. The van der Waals surface area contributed by atoms with Crippen LogP contribution in [-0.2, 0) is 0 Å². The van der Waals surface area contributed by atoms with Crippen LogP contribution in [0.1, 0.15) is 17.3 Å². The molecule has 0 saturated heterocycles. The number of ketones is 1. The van der Waals surface area contributed by atoms with Crippen molar-refractivity contribution in [2.24, 2.45) is 0 Å². The molecule has 0 aliphatic rings. The molecular weight excluding hydrogens is 402 g/mol. The molecule has 7 heteroatoms. The lowest BCUT2D eigenvalue weighted by atomic mass is 10.1. The fourth-order valence-corrected chi connectivity index (χ4v) is 3.54. The van der Waals surface area contributed by atoms with Gasteiger partial charge in [-0.3, -0.25) is 9.36 Å². The molecule has 1 atom stereocenters. The fraction of sp³-hybridized carbons (Fsp3) is 0.167. The standard InChI is InChI=1S/C18H16BrN3O2S/c1-12(17(23)13-7-9-14(19)10-8-13)25-18-21-20-11-22(18)15-5-3-4-6-16(15)24-2/h3-12H,1-2H3/t12-/m1/s1. The summed E-state index contributed by atoms with van der Waals surface area (Å²) in [6, 6.07) is 15.0. The van der Waals surface area contributed by atoms with Crippen LogP contribution in [-0.4, -0.2) is 32.9 Å². The van der Waals surface area contributed by atoms with E-state index in [4.69, 9.17) is 4.74 Å². The van der Waals surface area contributed by atoms with Gasteiger partial charge in [-0.05, 0) is 31.2 Å². The zero-order valence-electron chi connectivity index (χ0n) is 13.7. The first-order valence-electron chi connectivity index (χ1n) is 7.60. The van der Waals surface area contributed by atoms with Gasteiger partial charge in [0.05, 0.1) is 18.0 Å². The summed E-state index contributed by atoms with van der Waals surface area (Å²) in [4.78, 5) is 12.6. The van der Waals surface area contributed by atoms with Crippen molar-refractivity contribution in [1.82, 2.24) is 14.8 Å². The lowest BCUT2D eigenvalue weighted by Gasteiger charge is -2.13. The summed E-state index contributed by atoms with van der Waals surface area (Å²) in [5.74, 6) is 0.767. The number of ether oxygens (including phenoxy) is 1. The van der Waals surface area contributed by atoms with Gasteiger partial charge in [0.2, 0.25) is 0 Å². The number of para-hydroxylation sites is 2. The summed E-state index contributed by atoms with van der Waals surface area (Å²) < 4.78 is 8.17. The second kappa shape index (κ2) is 7.84. The number of thioether (sulfide) groups is 1. The number of carbonyl (C=O) groups excluding carboxylic acids is 1. The third kappa shape index (κ3) is 3.93. The van der Waals surface area contributed by atoms with E-state index in [0.717, 1.165) is 15.9 Å². The monoisotopic (exact) mass is 417 g/mol. The minimum absolute atomic E-state index is 0.0482. The molecule has 0 N–H and O–H groups in total. The molecule has 3 rings (SSSR count). The molecule has 0 aliphatic heterocycles. The third-order valence-corrected chi connectivity index (χ3v) is 5.23. The van der Waals surface area contributed by atoms with Crippen molar-refractivity contribution < 1.29 is 9.53 Å². The Morgan fingerprint density at radius 1 is 1.20 bits per heavy atom. The Labute approximate surface area is 158 Å². The zero-order valence-corrected chi connectivity index (χ0v) is 16.1. The van der Waals surface area contributed by atoms with Gasteiger partial charge >= 0.3 is 0 Å². The number of halogens is 1. The summed E-state index contributed by atoms with van der Waals surface area (Å²) in [7, 11) is 1.62. The molecule has 3 aromatic rings. The quantitative estimate of drug-likeness (QED) is 0.439. The van der Waals surface area contributed by atoms with E-state index in [1.54, 1.807) is 13.4 Å². The summed E-state index contributed by atoms with van der Waals surface area (Å²) in [6.45, 7) is 1.87. The van der Waals surface area contributed by atoms with E-state index >= 15 is 0 Å². The first-order chi connectivity index (χ1) is 12.1. The Balaban J connectivity index is 1.83. The average Bonchev–Trinajstić information content (AvgIpc) is 3.09. The smallest absolute Gasteiger partial charge is 0.196 e. The SMILES string of the molecule is COc1ccccc1-n1cnnc1S[C@H](C)C(=O)c1ccc(Br)cc1. The predicted molar refractivity (Wildman–Crippen MR) is 102 cm³/mol. The number of nitrogens with zero attached hydrogens (tertiary/aromatic N) is 3. The van der Waals surface area contributed by atoms with Gasteiger partial charge in [-0.25, -0.2) is 0 Å². The van der Waals surface area contributed by atoms with Crippen LogP contribution in [0.4, 0.5) is 0 Å². The highest BCUT2D eigenvalue weighted by Gasteiger charge is 2.20. The molecule has 0 radical (unpaired) electrons. The molecule has 1 aromatic heterocycles. The maximum Gasteiger partial charge on any atom is 0.196 e. The maximum atomic E-state index is 12.6. The van der Waals surface area contributed by atoms with Gasteiger partial charge in [-0.2, -0.15) is 0 Å². The number of hydrogen-bond acceptors (Lipinski definition) is 5. The molecule has 1 heterocycles. The molecule has 0 bridgehead atoms. The normalized spacial score (nSPS) is 12.0. The van der Waals surface area contributed by atoms with Crippen molar-refractivity contribution in [3.05, 3.63) is 64.9 Å². The minimum atomic E-state index is -0.293. The van der Waals surface area contributed by atoms with Crippen molar-refractivity contribution in [2.75, 3.05) is 7.11 Å². The lowest BCUT2D eigenvalue weighted by Crippen LogP contribution is -2.14. The highest BCUT2D eigenvalue weighted by Crippen LogP contribution is 2.29. The molecular formula is C18H16BrN3O2S. The van der Waals surface area contributed by atoms with E-state index in [9.17, 15) is 4.79 Å². The molecule has 0 fully saturated rings. The van der Waals surface area contributed by atoms with Crippen LogP contribution in [0.15, 0.2) is 64.5 Å². The maximum absolute atomic E-state index is 12.6. The van der Waals surface area contributed by atoms with Crippen LogP contribution in [0.3, 0.4) is 0 Å². The van der Waals surface area contributed by atoms with Gasteiger partial charge in [0.25, 0.3) is 0 Å².